The van der Waals surface area contributed by atoms with E-state index in [1.165, 1.54) is 5.56 Å². The van der Waals surface area contributed by atoms with Crippen molar-refractivity contribution in [3.63, 3.8) is 0 Å². The Morgan fingerprint density at radius 1 is 0.893 bits per heavy atom. The number of ether oxygens (including phenoxy) is 2. The Hall–Kier alpha value is -5.67. The van der Waals surface area contributed by atoms with Gasteiger partial charge in [0.1, 0.15) is 18.0 Å². The van der Waals surface area contributed by atoms with Crippen LogP contribution in [0.2, 0.25) is 0 Å². The number of hydrogen-bond acceptors (Lipinski definition) is 9. The minimum atomic E-state index is -0.581. The van der Waals surface area contributed by atoms with Gasteiger partial charge in [-0.15, -0.1) is 0 Å². The van der Waals surface area contributed by atoms with Crippen LogP contribution in [0.15, 0.2) is 89.6 Å². The largest absolute Gasteiger partial charge is 0.463 e. The van der Waals surface area contributed by atoms with Crippen LogP contribution in [-0.4, -0.2) is 74.5 Å². The molecule has 0 radical (unpaired) electrons. The standard InChI is InChI=1S/C44H47N7O4S/c1-44(2,3)55-43(53)49-22-15-32(16-23-49)39(51-38-14-7-5-12-36(38)46-40(51)34-10-8-9-30(25-34)26-45)28-54-41(52)33-17-20-48(21-18-33)42-47-35-11-4-6-13-37(35)50(42)27-31-19-24-56-29-31/h4-14,19,24-25,29,32-33,39H,15-18,20-23,27-28H2,1-3H3/t39-/m1/s1. The molecule has 2 fully saturated rings. The average Bonchev–Trinajstić information content (AvgIpc) is 3.96. The van der Waals surface area contributed by atoms with Crippen molar-refractivity contribution in [2.45, 2.75) is 64.6 Å². The predicted octanol–water partition coefficient (Wildman–Crippen LogP) is 8.68. The fraction of sp³-hybridized carbons (Fsp3) is 0.386. The molecule has 8 rings (SSSR count). The first kappa shape index (κ1) is 37.3. The fourth-order valence-corrected chi connectivity index (χ4v) is 8.81. The van der Waals surface area contributed by atoms with E-state index in [0.717, 1.165) is 45.9 Å². The van der Waals surface area contributed by atoms with Gasteiger partial charge in [-0.2, -0.15) is 16.6 Å². The van der Waals surface area contributed by atoms with Crippen LogP contribution in [0, 0.1) is 23.2 Å². The first-order valence-corrected chi connectivity index (χ1v) is 20.4. The number of amides is 1. The highest BCUT2D eigenvalue weighted by atomic mass is 32.1. The van der Waals surface area contributed by atoms with Gasteiger partial charge in [0.15, 0.2) is 0 Å². The highest BCUT2D eigenvalue weighted by Gasteiger charge is 2.36. The number of nitriles is 1. The molecule has 6 aromatic rings. The lowest BCUT2D eigenvalue weighted by Crippen LogP contribution is -2.44. The summed E-state index contributed by atoms with van der Waals surface area (Å²) in [5.41, 5.74) is 5.85. The molecule has 56 heavy (non-hydrogen) atoms. The highest BCUT2D eigenvalue weighted by molar-refractivity contribution is 7.07. The molecule has 0 N–H and O–H groups in total. The van der Waals surface area contributed by atoms with Crippen LogP contribution in [0.5, 0.6) is 0 Å². The molecule has 0 bridgehead atoms. The number of rotatable bonds is 9. The van der Waals surface area contributed by atoms with Gasteiger partial charge in [-0.3, -0.25) is 4.79 Å². The van der Waals surface area contributed by atoms with Crippen LogP contribution in [0.25, 0.3) is 33.5 Å². The lowest BCUT2D eigenvalue weighted by molar-refractivity contribution is -0.151. The summed E-state index contributed by atoms with van der Waals surface area (Å²) < 4.78 is 16.5. The van der Waals surface area contributed by atoms with Crippen molar-refractivity contribution in [2.75, 3.05) is 37.7 Å². The quantitative estimate of drug-likeness (QED) is 0.134. The monoisotopic (exact) mass is 769 g/mol. The number of thiophene rings is 1. The van der Waals surface area contributed by atoms with Gasteiger partial charge in [0.2, 0.25) is 5.95 Å². The number of aromatic nitrogens is 4. The summed E-state index contributed by atoms with van der Waals surface area (Å²) in [5, 5.41) is 14.0. The number of carbonyl (C=O) groups excluding carboxylic acids is 2. The number of fused-ring (bicyclic) bond motifs is 2. The number of imidazole rings is 2. The second-order valence-electron chi connectivity index (χ2n) is 15.9. The first-order chi connectivity index (χ1) is 27.1. The number of piperidine rings is 2. The lowest BCUT2D eigenvalue weighted by Gasteiger charge is -2.38. The van der Waals surface area contributed by atoms with Gasteiger partial charge in [-0.1, -0.05) is 36.4 Å². The van der Waals surface area contributed by atoms with Crippen LogP contribution >= 0.6 is 11.3 Å². The summed E-state index contributed by atoms with van der Waals surface area (Å²) in [4.78, 5) is 41.2. The number of anilines is 1. The maximum absolute atomic E-state index is 14.0. The molecule has 3 aromatic heterocycles. The SMILES string of the molecule is CC(C)(C)OC(=O)N1CCC([C@@H](COC(=O)C2CCN(c3nc4ccccc4n3Cc3ccsc3)CC2)n2c(-c3cccc(C#N)c3)nc3ccccc32)CC1. The van der Waals surface area contributed by atoms with Crippen molar-refractivity contribution in [2.24, 2.45) is 11.8 Å². The Kier molecular flexibility index (Phi) is 10.5. The second-order valence-corrected chi connectivity index (χ2v) is 16.6. The molecule has 1 amide bonds. The third kappa shape index (κ3) is 7.86. The van der Waals surface area contributed by atoms with E-state index >= 15 is 0 Å². The van der Waals surface area contributed by atoms with Gasteiger partial charge in [0.25, 0.3) is 0 Å². The number of nitrogens with zero attached hydrogens (tertiary/aromatic N) is 7. The summed E-state index contributed by atoms with van der Waals surface area (Å²) in [7, 11) is 0. The first-order valence-electron chi connectivity index (χ1n) is 19.5. The molecule has 0 saturated carbocycles. The van der Waals surface area contributed by atoms with Crippen LogP contribution < -0.4 is 4.90 Å². The van der Waals surface area contributed by atoms with Crippen molar-refractivity contribution in [1.82, 2.24) is 24.0 Å². The van der Waals surface area contributed by atoms with Crippen LogP contribution in [0.3, 0.4) is 0 Å². The molecular formula is C44H47N7O4S. The molecule has 5 heterocycles. The van der Waals surface area contributed by atoms with E-state index in [2.05, 4.69) is 55.1 Å². The van der Waals surface area contributed by atoms with E-state index in [1.54, 1.807) is 22.3 Å². The van der Waals surface area contributed by atoms with Crippen molar-refractivity contribution in [1.29, 1.82) is 5.26 Å². The molecule has 12 heteroatoms. The number of para-hydroxylation sites is 4. The summed E-state index contributed by atoms with van der Waals surface area (Å²) in [6, 6.07) is 27.9. The van der Waals surface area contributed by atoms with Gasteiger partial charge in [0, 0.05) is 31.7 Å². The Morgan fingerprint density at radius 2 is 1.61 bits per heavy atom. The van der Waals surface area contributed by atoms with Crippen molar-refractivity contribution >= 4 is 51.4 Å². The van der Waals surface area contributed by atoms with E-state index < -0.39 is 5.60 Å². The van der Waals surface area contributed by atoms with E-state index in [9.17, 15) is 14.9 Å². The number of benzene rings is 3. The predicted molar refractivity (Wildman–Crippen MR) is 219 cm³/mol. The zero-order valence-corrected chi connectivity index (χ0v) is 33.0. The molecule has 1 atom stereocenters. The molecule has 0 unspecified atom stereocenters. The zero-order chi connectivity index (χ0) is 38.8. The third-order valence-electron chi connectivity index (χ3n) is 11.0. The molecule has 0 spiro atoms. The Morgan fingerprint density at radius 3 is 2.30 bits per heavy atom. The molecule has 0 aliphatic carbocycles. The highest BCUT2D eigenvalue weighted by Crippen LogP contribution is 2.37. The Bertz CT molecular complexity index is 2370. The second kappa shape index (κ2) is 15.8. The molecule has 3 aromatic carbocycles. The van der Waals surface area contributed by atoms with Gasteiger partial charge in [-0.25, -0.2) is 14.8 Å². The van der Waals surface area contributed by atoms with Gasteiger partial charge >= 0.3 is 12.1 Å². The zero-order valence-electron chi connectivity index (χ0n) is 32.1. The van der Waals surface area contributed by atoms with Crippen LogP contribution in [0.4, 0.5) is 10.7 Å². The van der Waals surface area contributed by atoms with Crippen molar-refractivity contribution < 1.29 is 19.1 Å². The van der Waals surface area contributed by atoms with Crippen LogP contribution in [-0.2, 0) is 20.8 Å². The third-order valence-corrected chi connectivity index (χ3v) is 11.7. The van der Waals surface area contributed by atoms with Crippen LogP contribution in [0.1, 0.15) is 63.6 Å². The Labute approximate surface area is 331 Å². The molecular weight excluding hydrogens is 723 g/mol. The van der Waals surface area contributed by atoms with Gasteiger partial charge < -0.3 is 28.4 Å². The van der Waals surface area contributed by atoms with E-state index in [4.69, 9.17) is 19.4 Å². The fourth-order valence-electron chi connectivity index (χ4n) is 8.15. The smallest absolute Gasteiger partial charge is 0.410 e. The summed E-state index contributed by atoms with van der Waals surface area (Å²) in [5.74, 6) is 1.31. The van der Waals surface area contributed by atoms with Crippen molar-refractivity contribution in [3.8, 4) is 17.5 Å². The number of likely N-dealkylation sites (tertiary alicyclic amines) is 1. The van der Waals surface area contributed by atoms with Gasteiger partial charge in [-0.05, 0) is 111 Å². The van der Waals surface area contributed by atoms with E-state index in [1.807, 2.05) is 69.3 Å². The number of esters is 1. The van der Waals surface area contributed by atoms with E-state index in [0.29, 0.717) is 57.4 Å². The Balaban J connectivity index is 1.03. The number of hydrogen-bond donors (Lipinski definition) is 0. The lowest BCUT2D eigenvalue weighted by atomic mass is 9.89. The molecule has 288 valence electrons. The minimum absolute atomic E-state index is 0.0788. The average molecular weight is 770 g/mol. The normalized spacial score (nSPS) is 16.2. The maximum Gasteiger partial charge on any atom is 0.410 e. The topological polar surface area (TPSA) is 119 Å². The van der Waals surface area contributed by atoms with Gasteiger partial charge in [0.05, 0.1) is 52.2 Å². The molecule has 2 aliphatic heterocycles. The maximum atomic E-state index is 14.0. The number of carbonyl (C=O) groups is 2. The summed E-state index contributed by atoms with van der Waals surface area (Å²) >= 11 is 1.69. The molecule has 2 saturated heterocycles. The molecule has 11 nitrogen and oxygen atoms in total. The molecule has 2 aliphatic rings. The minimum Gasteiger partial charge on any atom is -0.463 e. The summed E-state index contributed by atoms with van der Waals surface area (Å²) in [6.45, 7) is 9.00. The van der Waals surface area contributed by atoms with Crippen molar-refractivity contribution in [3.05, 3.63) is 101 Å². The van der Waals surface area contributed by atoms with E-state index in [-0.39, 0.29) is 36.5 Å². The summed E-state index contributed by atoms with van der Waals surface area (Å²) in [6.07, 6.45) is 2.43.